The maximum absolute atomic E-state index is 12.5. The first kappa shape index (κ1) is 19.6. The van der Waals surface area contributed by atoms with Crippen LogP contribution >= 0.6 is 11.3 Å². The van der Waals surface area contributed by atoms with Crippen LogP contribution in [0.15, 0.2) is 24.3 Å². The van der Waals surface area contributed by atoms with Crippen molar-refractivity contribution in [2.75, 3.05) is 0 Å². The minimum atomic E-state index is -0.0474. The molecule has 1 amide bonds. The molecule has 1 N–H and O–H groups in total. The number of nitrogens with one attached hydrogen (secondary N) is 1. The van der Waals surface area contributed by atoms with Crippen molar-refractivity contribution in [1.82, 2.24) is 10.3 Å². The van der Waals surface area contributed by atoms with Crippen molar-refractivity contribution >= 4 is 17.2 Å². The summed E-state index contributed by atoms with van der Waals surface area (Å²) in [7, 11) is 0. The van der Waals surface area contributed by atoms with E-state index in [9.17, 15) is 4.79 Å². The highest BCUT2D eigenvalue weighted by Crippen LogP contribution is 2.20. The van der Waals surface area contributed by atoms with Crippen molar-refractivity contribution in [3.63, 3.8) is 0 Å². The van der Waals surface area contributed by atoms with Gasteiger partial charge in [-0.25, -0.2) is 4.98 Å². The van der Waals surface area contributed by atoms with Crippen LogP contribution in [0.2, 0.25) is 0 Å². The summed E-state index contributed by atoms with van der Waals surface area (Å²) >= 11 is 1.50. The molecular weight excluding hydrogens is 332 g/mol. The maximum Gasteiger partial charge on any atom is 0.263 e. The maximum atomic E-state index is 12.5. The van der Waals surface area contributed by atoms with E-state index in [1.807, 2.05) is 39.0 Å². The molecule has 1 aromatic carbocycles. The number of hydrogen-bond donors (Lipinski definition) is 1. The van der Waals surface area contributed by atoms with Gasteiger partial charge >= 0.3 is 0 Å². The van der Waals surface area contributed by atoms with E-state index in [0.29, 0.717) is 19.1 Å². The van der Waals surface area contributed by atoms with Crippen molar-refractivity contribution in [2.45, 2.75) is 60.3 Å². The Morgan fingerprint density at radius 1 is 1.24 bits per heavy atom. The van der Waals surface area contributed by atoms with E-state index in [1.54, 1.807) is 0 Å². The van der Waals surface area contributed by atoms with E-state index in [0.717, 1.165) is 33.1 Å². The first-order chi connectivity index (χ1) is 11.8. The Labute approximate surface area is 154 Å². The van der Waals surface area contributed by atoms with Gasteiger partial charge in [-0.15, -0.1) is 11.3 Å². The number of hydrogen-bond acceptors (Lipinski definition) is 4. The lowest BCUT2D eigenvalue weighted by Crippen LogP contribution is -2.22. The van der Waals surface area contributed by atoms with Gasteiger partial charge in [0.05, 0.1) is 23.4 Å². The largest absolute Gasteiger partial charge is 0.374 e. The second-order valence-corrected chi connectivity index (χ2v) is 8.07. The van der Waals surface area contributed by atoms with Crippen LogP contribution in [0, 0.1) is 12.8 Å². The van der Waals surface area contributed by atoms with Crippen molar-refractivity contribution in [1.29, 1.82) is 0 Å². The summed E-state index contributed by atoms with van der Waals surface area (Å²) in [6.07, 6.45) is 1.12. The molecule has 0 bridgehead atoms. The third-order valence-corrected chi connectivity index (χ3v) is 4.84. The Bertz CT molecular complexity index is 707. The van der Waals surface area contributed by atoms with Crippen LogP contribution in [-0.4, -0.2) is 17.0 Å². The second-order valence-electron chi connectivity index (χ2n) is 6.98. The molecule has 0 aliphatic heterocycles. The predicted octanol–water partition coefficient (Wildman–Crippen LogP) is 4.51. The van der Waals surface area contributed by atoms with Crippen LogP contribution in [-0.2, 0) is 24.3 Å². The summed E-state index contributed by atoms with van der Waals surface area (Å²) in [5.74, 6) is 0.492. The highest BCUT2D eigenvalue weighted by atomic mass is 32.1. The molecule has 0 aliphatic carbocycles. The number of nitrogens with zero attached hydrogens (tertiary/aromatic N) is 1. The minimum Gasteiger partial charge on any atom is -0.374 e. The molecule has 0 aliphatic rings. The molecule has 2 rings (SSSR count). The Kier molecular flexibility index (Phi) is 7.14. The number of thiazole rings is 1. The molecule has 0 saturated heterocycles. The standard InChI is InChI=1S/C20H28N2O2S/c1-13(2)9-18-22-15(5)19(25-18)20(23)21-11-16-7-6-8-17(10-16)12-24-14(3)4/h6-8,10,13-14H,9,11-12H2,1-5H3,(H,21,23). The van der Waals surface area contributed by atoms with Crippen molar-refractivity contribution in [3.05, 3.63) is 51.0 Å². The Morgan fingerprint density at radius 3 is 2.64 bits per heavy atom. The third kappa shape index (κ3) is 6.25. The van der Waals surface area contributed by atoms with Crippen LogP contribution in [0.4, 0.5) is 0 Å². The highest BCUT2D eigenvalue weighted by Gasteiger charge is 2.15. The topological polar surface area (TPSA) is 51.2 Å². The molecule has 0 unspecified atom stereocenters. The van der Waals surface area contributed by atoms with Crippen molar-refractivity contribution < 1.29 is 9.53 Å². The number of ether oxygens (including phenoxy) is 1. The molecule has 4 nitrogen and oxygen atoms in total. The van der Waals surface area contributed by atoms with Gasteiger partial charge in [-0.2, -0.15) is 0 Å². The van der Waals surface area contributed by atoms with Gasteiger partial charge in [-0.3, -0.25) is 4.79 Å². The monoisotopic (exact) mass is 360 g/mol. The number of benzene rings is 1. The molecule has 5 heteroatoms. The van der Waals surface area contributed by atoms with E-state index in [2.05, 4.69) is 30.2 Å². The summed E-state index contributed by atoms with van der Waals surface area (Å²) in [4.78, 5) is 17.7. The fourth-order valence-electron chi connectivity index (χ4n) is 2.45. The van der Waals surface area contributed by atoms with Gasteiger partial charge in [0.25, 0.3) is 5.91 Å². The molecular formula is C20H28N2O2S. The van der Waals surface area contributed by atoms with Crippen LogP contribution in [0.5, 0.6) is 0 Å². The van der Waals surface area contributed by atoms with E-state index in [-0.39, 0.29) is 12.0 Å². The summed E-state index contributed by atoms with van der Waals surface area (Å²) in [5.41, 5.74) is 3.01. The van der Waals surface area contributed by atoms with Crippen LogP contribution in [0.25, 0.3) is 0 Å². The van der Waals surface area contributed by atoms with Crippen LogP contribution in [0.1, 0.15) is 59.2 Å². The van der Waals surface area contributed by atoms with Gasteiger partial charge in [0.15, 0.2) is 0 Å². The van der Waals surface area contributed by atoms with Gasteiger partial charge in [-0.05, 0) is 37.8 Å². The summed E-state index contributed by atoms with van der Waals surface area (Å²) < 4.78 is 5.63. The van der Waals surface area contributed by atoms with Gasteiger partial charge < -0.3 is 10.1 Å². The quantitative estimate of drug-likeness (QED) is 0.754. The lowest BCUT2D eigenvalue weighted by molar-refractivity contribution is 0.0657. The number of rotatable bonds is 8. The number of aromatic nitrogens is 1. The zero-order chi connectivity index (χ0) is 18.4. The van der Waals surface area contributed by atoms with Gasteiger partial charge in [0.2, 0.25) is 0 Å². The molecule has 1 heterocycles. The minimum absolute atomic E-state index is 0.0474. The summed E-state index contributed by atoms with van der Waals surface area (Å²) in [6, 6.07) is 8.13. The highest BCUT2D eigenvalue weighted by molar-refractivity contribution is 7.13. The first-order valence-electron chi connectivity index (χ1n) is 8.79. The lowest BCUT2D eigenvalue weighted by atomic mass is 10.1. The molecule has 25 heavy (non-hydrogen) atoms. The molecule has 0 radical (unpaired) electrons. The van der Waals surface area contributed by atoms with E-state index >= 15 is 0 Å². The van der Waals surface area contributed by atoms with Gasteiger partial charge in [0, 0.05) is 13.0 Å². The fourth-order valence-corrected chi connectivity index (χ4v) is 3.65. The molecule has 2 aromatic rings. The molecule has 0 atom stereocenters. The van der Waals surface area contributed by atoms with E-state index in [4.69, 9.17) is 4.74 Å². The Balaban J connectivity index is 1.96. The summed E-state index contributed by atoms with van der Waals surface area (Å²) in [6.45, 7) is 11.4. The summed E-state index contributed by atoms with van der Waals surface area (Å²) in [5, 5.41) is 4.04. The van der Waals surface area contributed by atoms with Crippen molar-refractivity contribution in [2.24, 2.45) is 5.92 Å². The second kappa shape index (κ2) is 9.11. The number of carbonyl (C=O) groups is 1. The molecule has 0 saturated carbocycles. The Hall–Kier alpha value is -1.72. The molecule has 136 valence electrons. The first-order valence-corrected chi connectivity index (χ1v) is 9.60. The smallest absolute Gasteiger partial charge is 0.263 e. The van der Waals surface area contributed by atoms with Gasteiger partial charge in [0.1, 0.15) is 4.88 Å². The fraction of sp³-hybridized carbons (Fsp3) is 0.500. The normalized spacial score (nSPS) is 11.3. The zero-order valence-corrected chi connectivity index (χ0v) is 16.6. The third-order valence-electron chi connectivity index (χ3n) is 3.66. The molecule has 0 spiro atoms. The lowest BCUT2D eigenvalue weighted by Gasteiger charge is -2.09. The average molecular weight is 361 g/mol. The average Bonchev–Trinajstić information content (AvgIpc) is 2.90. The van der Waals surface area contributed by atoms with E-state index in [1.165, 1.54) is 11.3 Å². The van der Waals surface area contributed by atoms with E-state index < -0.39 is 0 Å². The number of amides is 1. The predicted molar refractivity (Wildman–Crippen MR) is 103 cm³/mol. The van der Waals surface area contributed by atoms with Crippen LogP contribution < -0.4 is 5.32 Å². The zero-order valence-electron chi connectivity index (χ0n) is 15.8. The molecule has 0 fully saturated rings. The van der Waals surface area contributed by atoms with Crippen LogP contribution in [0.3, 0.4) is 0 Å². The Morgan fingerprint density at radius 2 is 1.96 bits per heavy atom. The van der Waals surface area contributed by atoms with Gasteiger partial charge in [-0.1, -0.05) is 38.1 Å². The molecule has 1 aromatic heterocycles. The SMILES string of the molecule is Cc1nc(CC(C)C)sc1C(=O)NCc1cccc(COC(C)C)c1. The number of carbonyl (C=O) groups excluding carboxylic acids is 1. The number of aryl methyl sites for hydroxylation is 1. The van der Waals surface area contributed by atoms with Crippen molar-refractivity contribution in [3.8, 4) is 0 Å².